The minimum atomic E-state index is -0.748. The zero-order valence-corrected chi connectivity index (χ0v) is 14.7. The first-order valence-corrected chi connectivity index (χ1v) is 9.52. The van der Waals surface area contributed by atoms with Crippen LogP contribution in [0.3, 0.4) is 0 Å². The van der Waals surface area contributed by atoms with Crippen LogP contribution >= 0.6 is 11.3 Å². The van der Waals surface area contributed by atoms with Crippen LogP contribution < -0.4 is 5.32 Å². The Morgan fingerprint density at radius 1 is 1.35 bits per heavy atom. The Labute approximate surface area is 142 Å². The molecule has 1 saturated heterocycles. The van der Waals surface area contributed by atoms with Gasteiger partial charge in [-0.15, -0.1) is 11.3 Å². The molecule has 4 heteroatoms. The molecule has 2 atom stereocenters. The Bertz CT molecular complexity index is 621. The number of benzene rings is 1. The third-order valence-electron chi connectivity index (χ3n) is 5.09. The molecular formula is C19H27NO2S. The summed E-state index contributed by atoms with van der Waals surface area (Å²) in [6.07, 6.45) is 5.02. The number of hydrogen-bond donors (Lipinski definition) is 2. The molecule has 1 aliphatic heterocycles. The zero-order valence-electron chi connectivity index (χ0n) is 13.9. The van der Waals surface area contributed by atoms with Gasteiger partial charge in [-0.25, -0.2) is 0 Å². The Morgan fingerprint density at radius 2 is 2.26 bits per heavy atom. The molecule has 2 N–H and O–H groups in total. The number of nitrogens with one attached hydrogen (secondary N) is 1. The number of thiophene rings is 1. The van der Waals surface area contributed by atoms with Crippen LogP contribution in [-0.4, -0.2) is 31.9 Å². The van der Waals surface area contributed by atoms with Crippen LogP contribution in [0.4, 0.5) is 0 Å². The van der Waals surface area contributed by atoms with Crippen LogP contribution in [0.2, 0.25) is 0 Å². The van der Waals surface area contributed by atoms with E-state index in [-0.39, 0.29) is 5.92 Å². The summed E-state index contributed by atoms with van der Waals surface area (Å²) in [6, 6.07) is 8.52. The van der Waals surface area contributed by atoms with Crippen molar-refractivity contribution >= 4 is 21.4 Å². The number of piperidine rings is 1. The van der Waals surface area contributed by atoms with Crippen LogP contribution in [0.5, 0.6) is 0 Å². The predicted octanol–water partition coefficient (Wildman–Crippen LogP) is 3.91. The summed E-state index contributed by atoms with van der Waals surface area (Å²) in [7, 11) is 1.74. The van der Waals surface area contributed by atoms with E-state index in [2.05, 4.69) is 35.0 Å². The normalized spacial score (nSPS) is 21.4. The third-order valence-corrected chi connectivity index (χ3v) is 5.97. The van der Waals surface area contributed by atoms with Gasteiger partial charge in [0.15, 0.2) is 0 Å². The molecule has 1 aliphatic rings. The molecule has 0 spiro atoms. The Hall–Kier alpha value is -0.940. The fraction of sp³-hybridized carbons (Fsp3) is 0.579. The Kier molecular flexibility index (Phi) is 5.70. The molecule has 2 aromatic rings. The summed E-state index contributed by atoms with van der Waals surface area (Å²) in [5, 5.41) is 18.6. The molecule has 2 heterocycles. The molecule has 0 amide bonds. The second-order valence-electron chi connectivity index (χ2n) is 6.56. The number of unbranched alkanes of at least 4 members (excludes halogenated alkanes) is 1. The van der Waals surface area contributed by atoms with Gasteiger partial charge in [-0.2, -0.15) is 0 Å². The molecule has 23 heavy (non-hydrogen) atoms. The van der Waals surface area contributed by atoms with Gasteiger partial charge in [0.25, 0.3) is 0 Å². The molecular weight excluding hydrogens is 306 g/mol. The lowest BCUT2D eigenvalue weighted by Crippen LogP contribution is -2.44. The Balaban J connectivity index is 1.91. The Morgan fingerprint density at radius 3 is 3.04 bits per heavy atom. The number of ether oxygens (including phenoxy) is 1. The average Bonchev–Trinajstić information content (AvgIpc) is 3.08. The maximum Gasteiger partial charge on any atom is 0.0942 e. The van der Waals surface area contributed by atoms with Crippen LogP contribution in [0.1, 0.15) is 37.7 Å². The minimum absolute atomic E-state index is 0.282. The van der Waals surface area contributed by atoms with Crippen molar-refractivity contribution in [3.63, 3.8) is 0 Å². The van der Waals surface area contributed by atoms with Gasteiger partial charge in [-0.3, -0.25) is 0 Å². The summed E-state index contributed by atoms with van der Waals surface area (Å²) in [6.45, 7) is 2.74. The first kappa shape index (κ1) is 16.9. The SMILES string of the molecule is COCCCC[C@@](O)(c1cccc2sccc12)C1CCCNC1. The zero-order chi connectivity index (χ0) is 16.1. The topological polar surface area (TPSA) is 41.5 Å². The van der Waals surface area contributed by atoms with Gasteiger partial charge < -0.3 is 15.2 Å². The molecule has 0 bridgehead atoms. The van der Waals surface area contributed by atoms with Crippen molar-refractivity contribution in [2.24, 2.45) is 5.92 Å². The van der Waals surface area contributed by atoms with E-state index in [1.54, 1.807) is 18.4 Å². The highest BCUT2D eigenvalue weighted by atomic mass is 32.1. The summed E-state index contributed by atoms with van der Waals surface area (Å²) in [4.78, 5) is 0. The maximum absolute atomic E-state index is 11.7. The van der Waals surface area contributed by atoms with Crippen LogP contribution in [0.25, 0.3) is 10.1 Å². The molecule has 126 valence electrons. The van der Waals surface area contributed by atoms with Crippen LogP contribution in [0, 0.1) is 5.92 Å². The maximum atomic E-state index is 11.7. The fourth-order valence-electron chi connectivity index (χ4n) is 3.83. The number of methoxy groups -OCH3 is 1. The van der Waals surface area contributed by atoms with Crippen molar-refractivity contribution in [2.45, 2.75) is 37.7 Å². The van der Waals surface area contributed by atoms with Gasteiger partial charge in [0.05, 0.1) is 5.60 Å². The highest BCUT2D eigenvalue weighted by Crippen LogP contribution is 2.42. The predicted molar refractivity (Wildman–Crippen MR) is 97.0 cm³/mol. The van der Waals surface area contributed by atoms with Gasteiger partial charge in [-0.1, -0.05) is 12.1 Å². The van der Waals surface area contributed by atoms with Crippen LogP contribution in [-0.2, 0) is 10.3 Å². The summed E-state index contributed by atoms with van der Waals surface area (Å²) >= 11 is 1.75. The highest BCUT2D eigenvalue weighted by molar-refractivity contribution is 7.17. The quantitative estimate of drug-likeness (QED) is 0.755. The molecule has 1 aromatic carbocycles. The summed E-state index contributed by atoms with van der Waals surface area (Å²) in [5.41, 5.74) is 0.365. The second kappa shape index (κ2) is 7.75. The van der Waals surface area contributed by atoms with Crippen molar-refractivity contribution in [1.29, 1.82) is 0 Å². The van der Waals surface area contributed by atoms with Gasteiger partial charge >= 0.3 is 0 Å². The molecule has 1 unspecified atom stereocenters. The number of rotatable bonds is 7. The monoisotopic (exact) mass is 333 g/mol. The first-order valence-electron chi connectivity index (χ1n) is 8.64. The largest absolute Gasteiger partial charge is 0.385 e. The smallest absolute Gasteiger partial charge is 0.0942 e. The lowest BCUT2D eigenvalue weighted by atomic mass is 9.73. The van der Waals surface area contributed by atoms with Crippen molar-refractivity contribution < 1.29 is 9.84 Å². The molecule has 3 rings (SSSR count). The summed E-state index contributed by atoms with van der Waals surface area (Å²) < 4.78 is 6.44. The van der Waals surface area contributed by atoms with Crippen molar-refractivity contribution in [1.82, 2.24) is 5.32 Å². The van der Waals surface area contributed by atoms with Crippen molar-refractivity contribution in [2.75, 3.05) is 26.8 Å². The molecule has 0 aliphatic carbocycles. The van der Waals surface area contributed by atoms with Gasteiger partial charge in [0.2, 0.25) is 0 Å². The average molecular weight is 333 g/mol. The van der Waals surface area contributed by atoms with E-state index in [0.29, 0.717) is 0 Å². The molecule has 1 aromatic heterocycles. The molecule has 0 saturated carbocycles. The van der Waals surface area contributed by atoms with E-state index >= 15 is 0 Å². The highest BCUT2D eigenvalue weighted by Gasteiger charge is 2.39. The fourth-order valence-corrected chi connectivity index (χ4v) is 4.64. The lowest BCUT2D eigenvalue weighted by Gasteiger charge is -2.40. The second-order valence-corrected chi connectivity index (χ2v) is 7.50. The third kappa shape index (κ3) is 3.61. The van der Waals surface area contributed by atoms with E-state index < -0.39 is 5.60 Å². The van der Waals surface area contributed by atoms with Gasteiger partial charge in [0, 0.05) is 30.9 Å². The molecule has 0 radical (unpaired) electrons. The van der Waals surface area contributed by atoms with E-state index in [9.17, 15) is 5.11 Å². The van der Waals surface area contributed by atoms with Gasteiger partial charge in [0.1, 0.15) is 0 Å². The van der Waals surface area contributed by atoms with E-state index in [0.717, 1.165) is 57.4 Å². The van der Waals surface area contributed by atoms with Gasteiger partial charge in [-0.05, 0) is 67.1 Å². The standard InChI is InChI=1S/C19H27NO2S/c1-22-12-3-2-10-19(21,15-6-5-11-20-14-15)17-7-4-8-18-16(17)9-13-23-18/h4,7-9,13,15,20-21H,2-3,5-6,10-12,14H2,1H3/t15?,19-/m0/s1. The van der Waals surface area contributed by atoms with E-state index in [1.165, 1.54) is 10.1 Å². The first-order chi connectivity index (χ1) is 11.3. The van der Waals surface area contributed by atoms with Crippen molar-refractivity contribution in [3.05, 3.63) is 35.2 Å². The molecule has 3 nitrogen and oxygen atoms in total. The number of aliphatic hydroxyl groups is 1. The number of hydrogen-bond acceptors (Lipinski definition) is 4. The van der Waals surface area contributed by atoms with Crippen LogP contribution in [0.15, 0.2) is 29.6 Å². The molecule has 1 fully saturated rings. The number of fused-ring (bicyclic) bond motifs is 1. The minimum Gasteiger partial charge on any atom is -0.385 e. The van der Waals surface area contributed by atoms with Crippen molar-refractivity contribution in [3.8, 4) is 0 Å². The van der Waals surface area contributed by atoms with E-state index in [4.69, 9.17) is 4.74 Å². The van der Waals surface area contributed by atoms with E-state index in [1.807, 2.05) is 0 Å². The summed E-state index contributed by atoms with van der Waals surface area (Å²) in [5.74, 6) is 0.282. The lowest BCUT2D eigenvalue weighted by molar-refractivity contribution is -0.0421.